The molecule has 0 amide bonds. The lowest BCUT2D eigenvalue weighted by atomic mass is 10.1. The standard InChI is InChI=1S/C18H21NO4/c1-13-11-16(20)17(18(21)22)15(12-23-2)19(13)10-6-9-14-7-4-3-5-8-14/h3-5,7-8,11H,6,9-10,12H2,1-2H3,(H,21,22). The van der Waals surface area contributed by atoms with Gasteiger partial charge in [-0.3, -0.25) is 4.79 Å². The lowest BCUT2D eigenvalue weighted by Crippen LogP contribution is -2.25. The number of ether oxygens (including phenoxy) is 1. The molecular formula is C18H21NO4. The zero-order valence-electron chi connectivity index (χ0n) is 13.4. The summed E-state index contributed by atoms with van der Waals surface area (Å²) in [6.07, 6.45) is 1.74. The van der Waals surface area contributed by atoms with Crippen LogP contribution in [0.3, 0.4) is 0 Å². The predicted molar refractivity (Wildman–Crippen MR) is 87.9 cm³/mol. The zero-order chi connectivity index (χ0) is 16.8. The zero-order valence-corrected chi connectivity index (χ0v) is 13.4. The van der Waals surface area contributed by atoms with Crippen LogP contribution in [0.5, 0.6) is 0 Å². The number of aromatic nitrogens is 1. The van der Waals surface area contributed by atoms with E-state index in [1.165, 1.54) is 18.7 Å². The predicted octanol–water partition coefficient (Wildman–Crippen LogP) is 2.63. The average molecular weight is 315 g/mol. The first-order valence-corrected chi connectivity index (χ1v) is 7.54. The molecule has 1 heterocycles. The van der Waals surface area contributed by atoms with Crippen molar-refractivity contribution in [2.24, 2.45) is 0 Å². The lowest BCUT2D eigenvalue weighted by Gasteiger charge is -2.18. The number of aromatic carboxylic acids is 1. The van der Waals surface area contributed by atoms with Crippen LogP contribution in [0.15, 0.2) is 41.2 Å². The van der Waals surface area contributed by atoms with Crippen LogP contribution in [-0.2, 0) is 24.3 Å². The van der Waals surface area contributed by atoms with Crippen molar-refractivity contribution in [3.05, 3.63) is 69.1 Å². The third-order valence-corrected chi connectivity index (χ3v) is 3.81. The van der Waals surface area contributed by atoms with Crippen molar-refractivity contribution in [3.8, 4) is 0 Å². The van der Waals surface area contributed by atoms with E-state index >= 15 is 0 Å². The second-order valence-corrected chi connectivity index (χ2v) is 5.45. The number of nitrogens with zero attached hydrogens (tertiary/aromatic N) is 1. The molecule has 2 rings (SSSR count). The third kappa shape index (κ3) is 4.07. The Morgan fingerprint density at radius 2 is 1.96 bits per heavy atom. The summed E-state index contributed by atoms with van der Waals surface area (Å²) in [6, 6.07) is 11.5. The Bertz CT molecular complexity index is 735. The normalized spacial score (nSPS) is 10.7. The van der Waals surface area contributed by atoms with Gasteiger partial charge in [-0.1, -0.05) is 30.3 Å². The SMILES string of the molecule is COCc1c(C(=O)O)c(=O)cc(C)n1CCCc1ccccc1. The van der Waals surface area contributed by atoms with Gasteiger partial charge in [0.05, 0.1) is 12.3 Å². The second kappa shape index (κ2) is 7.74. The molecule has 5 nitrogen and oxygen atoms in total. The number of hydrogen-bond acceptors (Lipinski definition) is 3. The molecule has 0 aliphatic heterocycles. The maximum absolute atomic E-state index is 12.0. The van der Waals surface area contributed by atoms with Gasteiger partial charge in [-0.25, -0.2) is 4.79 Å². The quantitative estimate of drug-likeness (QED) is 0.853. The van der Waals surface area contributed by atoms with E-state index < -0.39 is 11.4 Å². The number of benzene rings is 1. The maximum Gasteiger partial charge on any atom is 0.341 e. The van der Waals surface area contributed by atoms with Crippen molar-refractivity contribution >= 4 is 5.97 Å². The summed E-state index contributed by atoms with van der Waals surface area (Å²) < 4.78 is 6.98. The van der Waals surface area contributed by atoms with Gasteiger partial charge >= 0.3 is 5.97 Å². The van der Waals surface area contributed by atoms with Gasteiger partial charge in [0.25, 0.3) is 0 Å². The molecule has 122 valence electrons. The summed E-state index contributed by atoms with van der Waals surface area (Å²) in [5.41, 5.74) is 1.75. The fourth-order valence-electron chi connectivity index (χ4n) is 2.74. The van der Waals surface area contributed by atoms with Crippen molar-refractivity contribution in [1.29, 1.82) is 0 Å². The second-order valence-electron chi connectivity index (χ2n) is 5.45. The van der Waals surface area contributed by atoms with Gasteiger partial charge in [0.1, 0.15) is 5.56 Å². The Morgan fingerprint density at radius 3 is 2.57 bits per heavy atom. The third-order valence-electron chi connectivity index (χ3n) is 3.81. The molecule has 1 aromatic heterocycles. The van der Waals surface area contributed by atoms with Gasteiger partial charge in [0, 0.05) is 25.4 Å². The van der Waals surface area contributed by atoms with Crippen LogP contribution >= 0.6 is 0 Å². The minimum atomic E-state index is -1.21. The molecule has 0 unspecified atom stereocenters. The maximum atomic E-state index is 12.0. The molecule has 0 fully saturated rings. The largest absolute Gasteiger partial charge is 0.477 e. The number of carbonyl (C=O) groups is 1. The van der Waals surface area contributed by atoms with E-state index in [4.69, 9.17) is 4.74 Å². The first kappa shape index (κ1) is 17.0. The number of rotatable bonds is 7. The number of carboxylic acid groups (broad SMARTS) is 1. The molecule has 0 atom stereocenters. The Hall–Kier alpha value is -2.40. The Balaban J connectivity index is 2.27. The van der Waals surface area contributed by atoms with Gasteiger partial charge in [-0.2, -0.15) is 0 Å². The van der Waals surface area contributed by atoms with Gasteiger partial charge in [0.2, 0.25) is 0 Å². The van der Waals surface area contributed by atoms with Crippen molar-refractivity contribution in [2.45, 2.75) is 32.9 Å². The molecule has 0 saturated carbocycles. The number of carboxylic acids is 1. The number of methoxy groups -OCH3 is 1. The highest BCUT2D eigenvalue weighted by atomic mass is 16.5. The highest BCUT2D eigenvalue weighted by Gasteiger charge is 2.19. The smallest absolute Gasteiger partial charge is 0.341 e. The van der Waals surface area contributed by atoms with Gasteiger partial charge < -0.3 is 14.4 Å². The number of aryl methyl sites for hydroxylation is 2. The Morgan fingerprint density at radius 1 is 1.26 bits per heavy atom. The van der Waals surface area contributed by atoms with Crippen molar-refractivity contribution in [1.82, 2.24) is 4.57 Å². The van der Waals surface area contributed by atoms with Crippen LogP contribution in [0.1, 0.15) is 33.7 Å². The monoisotopic (exact) mass is 315 g/mol. The molecule has 2 aromatic rings. The van der Waals surface area contributed by atoms with Gasteiger partial charge in [-0.05, 0) is 25.3 Å². The molecule has 1 aromatic carbocycles. The summed E-state index contributed by atoms with van der Waals surface area (Å²) >= 11 is 0. The molecule has 23 heavy (non-hydrogen) atoms. The van der Waals surface area contributed by atoms with Crippen LogP contribution in [-0.4, -0.2) is 22.8 Å². The van der Waals surface area contributed by atoms with Crippen molar-refractivity contribution in [3.63, 3.8) is 0 Å². The van der Waals surface area contributed by atoms with Crippen molar-refractivity contribution in [2.75, 3.05) is 7.11 Å². The summed E-state index contributed by atoms with van der Waals surface area (Å²) in [6.45, 7) is 2.55. The molecule has 5 heteroatoms. The number of pyridine rings is 1. The number of hydrogen-bond donors (Lipinski definition) is 1. The molecular weight excluding hydrogens is 294 g/mol. The molecule has 0 aliphatic rings. The first-order chi connectivity index (χ1) is 11.0. The Kier molecular flexibility index (Phi) is 5.71. The van der Waals surface area contributed by atoms with E-state index in [-0.39, 0.29) is 12.2 Å². The Labute approximate surface area is 135 Å². The minimum absolute atomic E-state index is 0.101. The summed E-state index contributed by atoms with van der Waals surface area (Å²) in [5, 5.41) is 9.32. The molecule has 0 saturated heterocycles. The van der Waals surface area contributed by atoms with Gasteiger partial charge in [-0.15, -0.1) is 0 Å². The molecule has 0 spiro atoms. The van der Waals surface area contributed by atoms with Crippen LogP contribution in [0.4, 0.5) is 0 Å². The van der Waals surface area contributed by atoms with Crippen LogP contribution in [0.2, 0.25) is 0 Å². The molecule has 0 bridgehead atoms. The van der Waals surface area contributed by atoms with E-state index in [2.05, 4.69) is 12.1 Å². The van der Waals surface area contributed by atoms with E-state index in [9.17, 15) is 14.7 Å². The van der Waals surface area contributed by atoms with Crippen LogP contribution < -0.4 is 5.43 Å². The lowest BCUT2D eigenvalue weighted by molar-refractivity contribution is 0.0687. The van der Waals surface area contributed by atoms with E-state index in [1.807, 2.05) is 29.7 Å². The fourth-order valence-corrected chi connectivity index (χ4v) is 2.74. The minimum Gasteiger partial charge on any atom is -0.477 e. The fraction of sp³-hybridized carbons (Fsp3) is 0.333. The summed E-state index contributed by atoms with van der Waals surface area (Å²) in [5.74, 6) is -1.21. The summed E-state index contributed by atoms with van der Waals surface area (Å²) in [7, 11) is 1.49. The average Bonchev–Trinajstić information content (AvgIpc) is 2.51. The topological polar surface area (TPSA) is 68.5 Å². The van der Waals surface area contributed by atoms with Crippen LogP contribution in [0, 0.1) is 6.92 Å². The van der Waals surface area contributed by atoms with E-state index in [1.54, 1.807) is 0 Å². The summed E-state index contributed by atoms with van der Waals surface area (Å²) in [4.78, 5) is 23.4. The molecule has 0 radical (unpaired) electrons. The van der Waals surface area contributed by atoms with E-state index in [0.29, 0.717) is 12.2 Å². The van der Waals surface area contributed by atoms with Crippen LogP contribution in [0.25, 0.3) is 0 Å². The molecule has 1 N–H and O–H groups in total. The van der Waals surface area contributed by atoms with Crippen molar-refractivity contribution < 1.29 is 14.6 Å². The molecule has 0 aliphatic carbocycles. The highest BCUT2D eigenvalue weighted by molar-refractivity contribution is 5.88. The highest BCUT2D eigenvalue weighted by Crippen LogP contribution is 2.13. The van der Waals surface area contributed by atoms with Gasteiger partial charge in [0.15, 0.2) is 5.43 Å². The first-order valence-electron chi connectivity index (χ1n) is 7.54. The van der Waals surface area contributed by atoms with E-state index in [0.717, 1.165) is 18.5 Å².